The second-order valence-corrected chi connectivity index (χ2v) is 10.8. The fourth-order valence-corrected chi connectivity index (χ4v) is 5.94. The second kappa shape index (κ2) is 13.5. The zero-order chi connectivity index (χ0) is 28.6. The number of thiazole rings is 1. The highest BCUT2D eigenvalue weighted by Crippen LogP contribution is 2.31. The molecule has 8 nitrogen and oxygen atoms in total. The number of amides is 2. The number of rotatable bonds is 11. The van der Waals surface area contributed by atoms with Gasteiger partial charge >= 0.3 is 0 Å². The molecule has 0 saturated carbocycles. The van der Waals surface area contributed by atoms with E-state index in [4.69, 9.17) is 4.74 Å². The molecule has 0 spiro atoms. The fourth-order valence-electron chi connectivity index (χ4n) is 4.97. The number of hydrogen-bond acceptors (Lipinski definition) is 7. The highest BCUT2D eigenvalue weighted by molar-refractivity contribution is 7.09. The summed E-state index contributed by atoms with van der Waals surface area (Å²) in [5.41, 5.74) is 1.50. The Hall–Kier alpha value is -3.85. The number of piperidine rings is 1. The number of Topliss-reactive ketones (excluding diaryl/α,β-unsaturated/α-hetero) is 2. The van der Waals surface area contributed by atoms with E-state index in [1.165, 1.54) is 11.3 Å². The molecule has 1 aliphatic heterocycles. The third kappa shape index (κ3) is 6.83. The van der Waals surface area contributed by atoms with Gasteiger partial charge in [-0.3, -0.25) is 19.2 Å². The Morgan fingerprint density at radius 3 is 2.30 bits per heavy atom. The molecule has 0 bridgehead atoms. The zero-order valence-electron chi connectivity index (χ0n) is 23.2. The molecule has 1 saturated heterocycles. The summed E-state index contributed by atoms with van der Waals surface area (Å²) in [7, 11) is 1.57. The van der Waals surface area contributed by atoms with Crippen LogP contribution in [0.1, 0.15) is 81.7 Å². The fraction of sp³-hybridized carbons (Fsp3) is 0.387. The molecule has 0 aliphatic carbocycles. The number of likely N-dealkylation sites (tertiary alicyclic amines) is 1. The molecule has 1 fully saturated rings. The van der Waals surface area contributed by atoms with Crippen LogP contribution in [-0.4, -0.2) is 71.0 Å². The molecule has 1 unspecified atom stereocenters. The largest absolute Gasteiger partial charge is 0.497 e. The summed E-state index contributed by atoms with van der Waals surface area (Å²) in [6.07, 6.45) is 1.85. The number of aromatic nitrogens is 1. The van der Waals surface area contributed by atoms with Gasteiger partial charge in [0.1, 0.15) is 11.4 Å². The number of ketones is 2. The Morgan fingerprint density at radius 2 is 1.68 bits per heavy atom. The number of carbonyl (C=O) groups is 4. The van der Waals surface area contributed by atoms with Gasteiger partial charge < -0.3 is 14.5 Å². The summed E-state index contributed by atoms with van der Waals surface area (Å²) in [5.74, 6) is 0.403. The van der Waals surface area contributed by atoms with Crippen LogP contribution < -0.4 is 4.74 Å². The topological polar surface area (TPSA) is 96.9 Å². The number of likely N-dealkylation sites (N-methyl/N-ethyl adjacent to an activating group) is 1. The number of hydrogen-bond donors (Lipinski definition) is 0. The van der Waals surface area contributed by atoms with E-state index in [-0.39, 0.29) is 42.1 Å². The van der Waals surface area contributed by atoms with Crippen molar-refractivity contribution < 1.29 is 23.9 Å². The molecular weight excluding hydrogens is 526 g/mol. The van der Waals surface area contributed by atoms with Crippen LogP contribution in [-0.2, 0) is 4.79 Å². The van der Waals surface area contributed by atoms with Crippen molar-refractivity contribution >= 4 is 34.7 Å². The van der Waals surface area contributed by atoms with Gasteiger partial charge in [0.15, 0.2) is 11.6 Å². The average molecular weight is 562 g/mol. The summed E-state index contributed by atoms with van der Waals surface area (Å²) < 4.78 is 5.12. The van der Waals surface area contributed by atoms with Crippen molar-refractivity contribution in [3.8, 4) is 5.75 Å². The minimum Gasteiger partial charge on any atom is -0.497 e. The van der Waals surface area contributed by atoms with E-state index in [9.17, 15) is 19.2 Å². The summed E-state index contributed by atoms with van der Waals surface area (Å²) in [5, 5.41) is 2.64. The molecule has 2 aromatic carbocycles. The first-order chi connectivity index (χ1) is 19.3. The van der Waals surface area contributed by atoms with Gasteiger partial charge in [0.2, 0.25) is 5.91 Å². The van der Waals surface area contributed by atoms with E-state index in [1.54, 1.807) is 60.7 Å². The summed E-state index contributed by atoms with van der Waals surface area (Å²) in [6.45, 7) is 5.19. The molecule has 2 heterocycles. The molecule has 2 amide bonds. The molecular formula is C31H35N3O5S. The highest BCUT2D eigenvalue weighted by Gasteiger charge is 2.30. The van der Waals surface area contributed by atoms with E-state index in [1.807, 2.05) is 30.0 Å². The van der Waals surface area contributed by atoms with Crippen LogP contribution in [0.5, 0.6) is 5.75 Å². The van der Waals surface area contributed by atoms with Crippen LogP contribution >= 0.6 is 11.3 Å². The van der Waals surface area contributed by atoms with Crippen molar-refractivity contribution in [1.82, 2.24) is 14.8 Å². The van der Waals surface area contributed by atoms with Gasteiger partial charge in [0.25, 0.3) is 5.91 Å². The number of methoxy groups -OCH3 is 1. The molecule has 0 radical (unpaired) electrons. The van der Waals surface area contributed by atoms with Gasteiger partial charge in [-0.15, -0.1) is 11.3 Å². The van der Waals surface area contributed by atoms with E-state index in [2.05, 4.69) is 4.98 Å². The predicted molar refractivity (Wildman–Crippen MR) is 154 cm³/mol. The predicted octanol–water partition coefficient (Wildman–Crippen LogP) is 5.25. The maximum Gasteiger partial charge on any atom is 0.273 e. The van der Waals surface area contributed by atoms with Crippen LogP contribution in [0, 0.1) is 0 Å². The Bertz CT molecular complexity index is 1330. The molecule has 1 aromatic heterocycles. The lowest BCUT2D eigenvalue weighted by molar-refractivity contribution is -0.132. The molecule has 40 heavy (non-hydrogen) atoms. The molecule has 0 N–H and O–H groups in total. The quantitative estimate of drug-likeness (QED) is 0.297. The highest BCUT2D eigenvalue weighted by atomic mass is 32.1. The maximum absolute atomic E-state index is 13.3. The van der Waals surface area contributed by atoms with Crippen LogP contribution in [0.15, 0.2) is 60.0 Å². The second-order valence-electron chi connectivity index (χ2n) is 9.88. The van der Waals surface area contributed by atoms with Crippen molar-refractivity contribution in [2.45, 2.75) is 51.5 Å². The van der Waals surface area contributed by atoms with E-state index in [0.29, 0.717) is 42.2 Å². The van der Waals surface area contributed by atoms with Gasteiger partial charge in [0, 0.05) is 54.9 Å². The lowest BCUT2D eigenvalue weighted by atomic mass is 9.97. The summed E-state index contributed by atoms with van der Waals surface area (Å²) in [4.78, 5) is 59.5. The molecule has 1 aliphatic rings. The van der Waals surface area contributed by atoms with Crippen LogP contribution in [0.3, 0.4) is 0 Å². The molecule has 4 rings (SSSR count). The van der Waals surface area contributed by atoms with Crippen molar-refractivity contribution in [3.05, 3.63) is 81.8 Å². The lowest BCUT2D eigenvalue weighted by Crippen LogP contribution is -2.43. The maximum atomic E-state index is 13.3. The zero-order valence-corrected chi connectivity index (χ0v) is 24.0. The first kappa shape index (κ1) is 29.1. The average Bonchev–Trinajstić information content (AvgIpc) is 3.50. The number of ether oxygens (including phenoxy) is 1. The molecule has 9 heteroatoms. The molecule has 1 atom stereocenters. The normalized spacial score (nSPS) is 14.4. The third-order valence-electron chi connectivity index (χ3n) is 7.42. The number of nitrogens with zero attached hydrogens (tertiary/aromatic N) is 3. The lowest BCUT2D eigenvalue weighted by Gasteiger charge is -2.31. The van der Waals surface area contributed by atoms with Crippen molar-refractivity contribution in [1.29, 1.82) is 0 Å². The van der Waals surface area contributed by atoms with Crippen LogP contribution in [0.2, 0.25) is 0 Å². The SMILES string of the molecule is CCN(C(=O)c1csc(C2CCN(C(=O)CCC(=O)c3ccc(OC)cc3)CC2)n1)C(C)C(=O)c1ccccc1. The first-order valence-electron chi connectivity index (χ1n) is 13.6. The van der Waals surface area contributed by atoms with Crippen LogP contribution in [0.4, 0.5) is 0 Å². The first-order valence-corrected chi connectivity index (χ1v) is 14.5. The van der Waals surface area contributed by atoms with Gasteiger partial charge in [0.05, 0.1) is 18.2 Å². The van der Waals surface area contributed by atoms with Crippen molar-refractivity contribution in [2.75, 3.05) is 26.7 Å². The Balaban J connectivity index is 1.28. The van der Waals surface area contributed by atoms with Crippen molar-refractivity contribution in [3.63, 3.8) is 0 Å². The number of carbonyl (C=O) groups excluding carboxylic acids is 4. The monoisotopic (exact) mass is 561 g/mol. The van der Waals surface area contributed by atoms with Gasteiger partial charge in [-0.05, 0) is 51.0 Å². The van der Waals surface area contributed by atoms with Crippen LogP contribution in [0.25, 0.3) is 0 Å². The third-order valence-corrected chi connectivity index (χ3v) is 8.43. The summed E-state index contributed by atoms with van der Waals surface area (Å²) in [6, 6.07) is 15.3. The van der Waals surface area contributed by atoms with E-state index in [0.717, 1.165) is 17.8 Å². The molecule has 210 valence electrons. The molecule has 3 aromatic rings. The van der Waals surface area contributed by atoms with Gasteiger partial charge in [-0.25, -0.2) is 4.98 Å². The standard InChI is InChI=1S/C31H35N3O5S/c1-4-34(21(2)29(37)23-8-6-5-7-9-23)31(38)26-20-40-30(32-26)24-16-18-33(19-17-24)28(36)15-14-27(35)22-10-12-25(39-3)13-11-22/h5-13,20-21,24H,4,14-19H2,1-3H3. The van der Waals surface area contributed by atoms with Gasteiger partial charge in [-0.1, -0.05) is 30.3 Å². The van der Waals surface area contributed by atoms with E-state index >= 15 is 0 Å². The summed E-state index contributed by atoms with van der Waals surface area (Å²) >= 11 is 1.45. The Morgan fingerprint density at radius 1 is 1.00 bits per heavy atom. The smallest absolute Gasteiger partial charge is 0.273 e. The van der Waals surface area contributed by atoms with Gasteiger partial charge in [-0.2, -0.15) is 0 Å². The Kier molecular flexibility index (Phi) is 9.82. The minimum atomic E-state index is -0.601. The number of benzene rings is 2. The Labute approximate surface area is 239 Å². The van der Waals surface area contributed by atoms with Crippen molar-refractivity contribution in [2.24, 2.45) is 0 Å². The minimum absolute atomic E-state index is 0.0222. The van der Waals surface area contributed by atoms with E-state index < -0.39 is 6.04 Å².